The van der Waals surface area contributed by atoms with Crippen LogP contribution in [-0.2, 0) is 29.5 Å². The van der Waals surface area contributed by atoms with Crippen molar-refractivity contribution in [1.29, 1.82) is 0 Å². The zero-order valence-corrected chi connectivity index (χ0v) is 25.9. The standard InChI is InChI=1S/C29H30F3N4O3S3/c1-5-33-20-14-13-19(42(38,39)29(30,31)32)17-22(20)34(6-2)25(33)18-27-36(8-4)28(37)24(41-27)15-16-26-35(7-3)21-11-9-10-12-23(21)40-26/h9-18H,5-8H2,1-4H3/q+1. The number of sulfone groups is 1. The van der Waals surface area contributed by atoms with Crippen molar-refractivity contribution in [3.05, 3.63) is 78.9 Å². The predicted octanol–water partition coefficient (Wildman–Crippen LogP) is 4.59. The summed E-state index contributed by atoms with van der Waals surface area (Å²) >= 11 is 2.99. The molecule has 0 spiro atoms. The van der Waals surface area contributed by atoms with E-state index in [1.54, 1.807) is 20.9 Å². The minimum Gasteiger partial charge on any atom is -0.335 e. The molecule has 0 unspecified atom stereocenters. The number of benzene rings is 2. The van der Waals surface area contributed by atoms with Gasteiger partial charge in [0.1, 0.15) is 4.66 Å². The van der Waals surface area contributed by atoms with Crippen LogP contribution in [0.2, 0.25) is 0 Å². The van der Waals surface area contributed by atoms with E-state index >= 15 is 0 Å². The number of aromatic nitrogens is 3. The highest BCUT2D eigenvalue weighted by Crippen LogP contribution is 2.45. The molecule has 3 heterocycles. The lowest BCUT2D eigenvalue weighted by molar-refractivity contribution is -0.670. The molecule has 0 N–H and O–H groups in total. The Morgan fingerprint density at radius 3 is 2.31 bits per heavy atom. The van der Waals surface area contributed by atoms with E-state index in [-0.39, 0.29) is 5.56 Å². The molecule has 0 aliphatic carbocycles. The minimum atomic E-state index is -5.50. The van der Waals surface area contributed by atoms with Crippen LogP contribution in [0.4, 0.5) is 18.9 Å². The second-order valence-electron chi connectivity index (χ2n) is 9.43. The quantitative estimate of drug-likeness (QED) is 0.278. The van der Waals surface area contributed by atoms with Crippen molar-refractivity contribution in [2.45, 2.75) is 62.6 Å². The fourth-order valence-corrected chi connectivity index (χ4v) is 8.13. The summed E-state index contributed by atoms with van der Waals surface area (Å²) < 4.78 is 70.7. The van der Waals surface area contributed by atoms with Crippen LogP contribution in [0.25, 0.3) is 23.2 Å². The normalized spacial score (nSPS) is 15.9. The van der Waals surface area contributed by atoms with Crippen LogP contribution < -0.4 is 24.2 Å². The Balaban J connectivity index is 1.67. The summed E-state index contributed by atoms with van der Waals surface area (Å²) in [6.45, 7) is 9.78. The first-order valence-electron chi connectivity index (χ1n) is 13.5. The lowest BCUT2D eigenvalue weighted by Crippen LogP contribution is -2.37. The topological polar surface area (TPSA) is 68.2 Å². The molecule has 7 nitrogen and oxygen atoms in total. The Morgan fingerprint density at radius 2 is 1.67 bits per heavy atom. The summed E-state index contributed by atoms with van der Waals surface area (Å²) in [5.74, 6) is 0.656. The van der Waals surface area contributed by atoms with Gasteiger partial charge in [-0.15, -0.1) is 11.3 Å². The van der Waals surface area contributed by atoms with Crippen LogP contribution in [-0.4, -0.2) is 29.6 Å². The molecule has 222 valence electrons. The zero-order chi connectivity index (χ0) is 30.4. The number of imidazole rings is 1. The Hall–Kier alpha value is -3.29. The van der Waals surface area contributed by atoms with E-state index in [0.29, 0.717) is 45.7 Å². The molecule has 42 heavy (non-hydrogen) atoms. The zero-order valence-electron chi connectivity index (χ0n) is 23.5. The van der Waals surface area contributed by atoms with Gasteiger partial charge in [0.05, 0.1) is 39.3 Å². The molecule has 0 saturated carbocycles. The number of alkyl halides is 3. The molecule has 0 fully saturated rings. The number of rotatable bonds is 7. The van der Waals surface area contributed by atoms with Gasteiger partial charge in [-0.2, -0.15) is 13.2 Å². The fourth-order valence-electron chi connectivity index (χ4n) is 5.18. The third-order valence-corrected chi connectivity index (χ3v) is 10.9. The van der Waals surface area contributed by atoms with Crippen LogP contribution in [0.3, 0.4) is 0 Å². The SMILES string of the molecule is CCN1C(=CC=c2sc(=Cc3n(CC)c4ccc(S(=O)(=O)C(F)(F)F)cc4[n+]3CC)n(CC)c2=O)Sc2ccccc21. The van der Waals surface area contributed by atoms with Crippen molar-refractivity contribution in [2.24, 2.45) is 0 Å². The van der Waals surface area contributed by atoms with E-state index in [2.05, 4.69) is 24.0 Å². The third-order valence-electron chi connectivity index (χ3n) is 7.16. The summed E-state index contributed by atoms with van der Waals surface area (Å²) in [6, 6.07) is 11.6. The number of anilines is 1. The summed E-state index contributed by atoms with van der Waals surface area (Å²) in [5.41, 5.74) is -3.42. The van der Waals surface area contributed by atoms with Crippen LogP contribution in [0, 0.1) is 0 Å². The highest BCUT2D eigenvalue weighted by Gasteiger charge is 2.47. The molecule has 1 aliphatic heterocycles. The van der Waals surface area contributed by atoms with Crippen LogP contribution >= 0.6 is 23.1 Å². The first kappa shape index (κ1) is 30.2. The molecule has 2 aromatic carbocycles. The number of fused-ring (bicyclic) bond motifs is 2. The van der Waals surface area contributed by atoms with Gasteiger partial charge in [-0.25, -0.2) is 17.6 Å². The van der Waals surface area contributed by atoms with Gasteiger partial charge in [-0.3, -0.25) is 9.36 Å². The number of halogens is 3. The summed E-state index contributed by atoms with van der Waals surface area (Å²) in [6.07, 6.45) is 5.65. The molecule has 0 radical (unpaired) electrons. The molecule has 13 heteroatoms. The van der Waals surface area contributed by atoms with E-state index in [1.807, 2.05) is 55.7 Å². The van der Waals surface area contributed by atoms with Crippen LogP contribution in [0.1, 0.15) is 33.5 Å². The molecule has 1 aliphatic rings. The first-order valence-corrected chi connectivity index (χ1v) is 16.6. The highest BCUT2D eigenvalue weighted by molar-refractivity contribution is 8.03. The Morgan fingerprint density at radius 1 is 0.952 bits per heavy atom. The van der Waals surface area contributed by atoms with Crippen molar-refractivity contribution in [2.75, 3.05) is 11.4 Å². The van der Waals surface area contributed by atoms with Crippen molar-refractivity contribution in [3.8, 4) is 0 Å². The van der Waals surface area contributed by atoms with E-state index in [4.69, 9.17) is 0 Å². The van der Waals surface area contributed by atoms with Gasteiger partial charge in [-0.1, -0.05) is 23.9 Å². The number of hydrogen-bond donors (Lipinski definition) is 0. The molecule has 0 atom stereocenters. The largest absolute Gasteiger partial charge is 0.501 e. The Kier molecular flexibility index (Phi) is 8.20. The summed E-state index contributed by atoms with van der Waals surface area (Å²) in [7, 11) is -5.50. The van der Waals surface area contributed by atoms with Crippen LogP contribution in [0.15, 0.2) is 68.2 Å². The van der Waals surface area contributed by atoms with Crippen molar-refractivity contribution >= 4 is 61.8 Å². The molecular weight excluding hydrogens is 606 g/mol. The number of allylic oxidation sites excluding steroid dienone is 1. The van der Waals surface area contributed by atoms with E-state index in [1.165, 1.54) is 17.4 Å². The molecule has 0 saturated heterocycles. The van der Waals surface area contributed by atoms with Crippen LogP contribution in [0.5, 0.6) is 0 Å². The lowest BCUT2D eigenvalue weighted by Gasteiger charge is -2.17. The number of thioether (sulfide) groups is 1. The molecule has 5 rings (SSSR count). The van der Waals surface area contributed by atoms with Gasteiger partial charge in [-0.05, 0) is 64.1 Å². The molecule has 0 amide bonds. The monoisotopic (exact) mass is 635 g/mol. The van der Waals surface area contributed by atoms with Gasteiger partial charge in [0, 0.05) is 24.1 Å². The number of para-hydroxylation sites is 1. The van der Waals surface area contributed by atoms with Gasteiger partial charge in [0.15, 0.2) is 11.0 Å². The average Bonchev–Trinajstić information content (AvgIpc) is 3.58. The molecule has 0 bridgehead atoms. The summed E-state index contributed by atoms with van der Waals surface area (Å²) in [4.78, 5) is 16.0. The predicted molar refractivity (Wildman–Crippen MR) is 162 cm³/mol. The highest BCUT2D eigenvalue weighted by atomic mass is 32.2. The van der Waals surface area contributed by atoms with E-state index in [0.717, 1.165) is 34.3 Å². The third kappa shape index (κ3) is 5.01. The first-order chi connectivity index (χ1) is 20.0. The number of nitrogens with zero attached hydrogens (tertiary/aromatic N) is 4. The Bertz CT molecular complexity index is 2000. The molecule has 2 aromatic heterocycles. The smallest absolute Gasteiger partial charge is 0.335 e. The number of aryl methyl sites for hydroxylation is 2. The van der Waals surface area contributed by atoms with Gasteiger partial charge < -0.3 is 4.90 Å². The fraction of sp³-hybridized carbons (Fsp3) is 0.310. The van der Waals surface area contributed by atoms with Crippen molar-refractivity contribution < 1.29 is 26.2 Å². The van der Waals surface area contributed by atoms with E-state index < -0.39 is 20.2 Å². The molecule has 4 aromatic rings. The average molecular weight is 636 g/mol. The second kappa shape index (κ2) is 11.4. The minimum absolute atomic E-state index is 0.130. The maximum Gasteiger partial charge on any atom is 0.501 e. The number of thiazole rings is 1. The van der Waals surface area contributed by atoms with Gasteiger partial charge in [0.2, 0.25) is 0 Å². The van der Waals surface area contributed by atoms with Crippen molar-refractivity contribution in [1.82, 2.24) is 9.13 Å². The number of hydrogen-bond acceptors (Lipinski definition) is 6. The maximum absolute atomic E-state index is 13.4. The molecular formula is C29H30F3N4O3S3+. The van der Waals surface area contributed by atoms with Crippen molar-refractivity contribution in [3.63, 3.8) is 0 Å². The Labute approximate surface area is 249 Å². The second-order valence-corrected chi connectivity index (χ2v) is 13.5. The van der Waals surface area contributed by atoms with Gasteiger partial charge >= 0.3 is 5.51 Å². The van der Waals surface area contributed by atoms with E-state index in [9.17, 15) is 26.4 Å². The lowest BCUT2D eigenvalue weighted by atomic mass is 10.3. The maximum atomic E-state index is 13.4. The summed E-state index contributed by atoms with van der Waals surface area (Å²) in [5, 5.41) is 1.03. The van der Waals surface area contributed by atoms with Gasteiger partial charge in [0.25, 0.3) is 21.2 Å².